The molecule has 0 aliphatic rings. The van der Waals surface area contributed by atoms with Crippen LogP contribution >= 0.6 is 11.8 Å². The maximum absolute atomic E-state index is 14.0. The molecule has 0 unspecified atom stereocenters. The van der Waals surface area contributed by atoms with E-state index in [1.807, 2.05) is 30.3 Å². The summed E-state index contributed by atoms with van der Waals surface area (Å²) in [6.45, 7) is -0.0199. The van der Waals surface area contributed by atoms with E-state index >= 15 is 0 Å². The molecule has 0 fully saturated rings. The zero-order valence-electron chi connectivity index (χ0n) is 21.0. The molecule has 40 heavy (non-hydrogen) atoms. The second-order valence-corrected chi connectivity index (χ2v) is 9.88. The zero-order chi connectivity index (χ0) is 28.7. The molecule has 2 aromatic heterocycles. The van der Waals surface area contributed by atoms with E-state index in [-0.39, 0.29) is 30.7 Å². The van der Waals surface area contributed by atoms with E-state index in [1.54, 1.807) is 30.5 Å². The number of hydrogen-bond acceptors (Lipinski definition) is 8. The summed E-state index contributed by atoms with van der Waals surface area (Å²) in [4.78, 5) is 43.6. The maximum Gasteiger partial charge on any atom is 0.450 e. The van der Waals surface area contributed by atoms with Gasteiger partial charge in [-0.15, -0.1) is 5.10 Å². The van der Waals surface area contributed by atoms with Crippen molar-refractivity contribution in [2.45, 2.75) is 31.6 Å². The molecular formula is C26H24F3N7O3S. The Hall–Kier alpha value is -4.33. The number of primary amides is 1. The second kappa shape index (κ2) is 12.7. The van der Waals surface area contributed by atoms with Gasteiger partial charge >= 0.3 is 6.18 Å². The number of amides is 2. The number of thioether (sulfide) groups is 1. The van der Waals surface area contributed by atoms with Gasteiger partial charge in [0, 0.05) is 18.1 Å². The van der Waals surface area contributed by atoms with Gasteiger partial charge in [0.25, 0.3) is 5.91 Å². The molecule has 0 saturated heterocycles. The third-order valence-electron chi connectivity index (χ3n) is 6.01. The van der Waals surface area contributed by atoms with Crippen LogP contribution in [0.25, 0.3) is 16.6 Å². The molecular weight excluding hydrogens is 547 g/mol. The van der Waals surface area contributed by atoms with Gasteiger partial charge in [-0.1, -0.05) is 30.3 Å². The molecule has 0 saturated carbocycles. The highest BCUT2D eigenvalue weighted by atomic mass is 32.2. The number of para-hydroxylation sites is 2. The Morgan fingerprint density at radius 2 is 1.82 bits per heavy atom. The Balaban J connectivity index is 1.61. The lowest BCUT2D eigenvalue weighted by atomic mass is 10.0. The monoisotopic (exact) mass is 571 g/mol. The number of benzene rings is 2. The second-order valence-electron chi connectivity index (χ2n) is 8.77. The Morgan fingerprint density at radius 3 is 2.55 bits per heavy atom. The summed E-state index contributed by atoms with van der Waals surface area (Å²) in [7, 11) is 0. The van der Waals surface area contributed by atoms with Crippen molar-refractivity contribution < 1.29 is 27.6 Å². The number of tetrazole rings is 1. The molecule has 208 valence electrons. The van der Waals surface area contributed by atoms with Crippen LogP contribution in [0.2, 0.25) is 0 Å². The molecule has 2 aromatic carbocycles. The van der Waals surface area contributed by atoms with Crippen LogP contribution in [0.4, 0.5) is 13.2 Å². The predicted octanol–water partition coefficient (Wildman–Crippen LogP) is 3.35. The third-order valence-corrected chi connectivity index (χ3v) is 7.06. The minimum atomic E-state index is -4.90. The van der Waals surface area contributed by atoms with Crippen LogP contribution in [-0.4, -0.2) is 71.4 Å². The van der Waals surface area contributed by atoms with Crippen LogP contribution in [0.1, 0.15) is 28.8 Å². The summed E-state index contributed by atoms with van der Waals surface area (Å²) in [5, 5.41) is 11.9. The summed E-state index contributed by atoms with van der Waals surface area (Å²) >= 11 is 0.804. The van der Waals surface area contributed by atoms with Crippen LogP contribution in [0.3, 0.4) is 0 Å². The molecule has 0 bridgehead atoms. The van der Waals surface area contributed by atoms with E-state index in [0.717, 1.165) is 22.7 Å². The van der Waals surface area contributed by atoms with Gasteiger partial charge in [-0.2, -0.15) is 29.6 Å². The topological polar surface area (TPSA) is 137 Å². The normalized spacial score (nSPS) is 12.3. The standard InChI is InChI=1S/C26H24F3N7O3S/c27-26(28,29)23(37)15-40-11-5-10-22(24(30)38)35(14-17-12-18-6-1-3-8-20(18)31-13-17)25(39)19-7-2-4-9-21(19)36-16-32-33-34-36/h1-4,6-9,12-13,16,22H,5,10-11,14-15H2,(H2,30,38)/t22-/m0/s1. The summed E-state index contributed by atoms with van der Waals surface area (Å²) in [6.07, 6.45) is -1.66. The Kier molecular flexibility index (Phi) is 9.09. The van der Waals surface area contributed by atoms with Crippen molar-refractivity contribution in [1.29, 1.82) is 0 Å². The van der Waals surface area contributed by atoms with Gasteiger partial charge in [0.15, 0.2) is 0 Å². The summed E-state index contributed by atoms with van der Waals surface area (Å²) in [5.41, 5.74) is 7.74. The maximum atomic E-state index is 14.0. The van der Waals surface area contributed by atoms with Crippen LogP contribution in [0.5, 0.6) is 0 Å². The molecule has 0 aliphatic heterocycles. The van der Waals surface area contributed by atoms with Gasteiger partial charge in [0.1, 0.15) is 12.4 Å². The average molecular weight is 572 g/mol. The van der Waals surface area contributed by atoms with Crippen molar-refractivity contribution in [3.05, 3.63) is 78.2 Å². The molecule has 2 amide bonds. The number of alkyl halides is 3. The summed E-state index contributed by atoms with van der Waals surface area (Å²) in [6, 6.07) is 14.8. The van der Waals surface area contributed by atoms with Crippen LogP contribution in [0.15, 0.2) is 67.1 Å². The van der Waals surface area contributed by atoms with Gasteiger partial charge < -0.3 is 10.6 Å². The van der Waals surface area contributed by atoms with E-state index in [1.165, 1.54) is 15.9 Å². The number of Topliss-reactive ketones (excluding diaryl/α,β-unsaturated/α-hetero) is 1. The van der Waals surface area contributed by atoms with Crippen LogP contribution in [-0.2, 0) is 16.1 Å². The van der Waals surface area contributed by atoms with E-state index in [9.17, 15) is 27.6 Å². The number of aromatic nitrogens is 5. The molecule has 4 aromatic rings. The van der Waals surface area contributed by atoms with Crippen molar-refractivity contribution in [2.24, 2.45) is 5.73 Å². The first kappa shape index (κ1) is 28.7. The van der Waals surface area contributed by atoms with Crippen molar-refractivity contribution >= 4 is 40.3 Å². The van der Waals surface area contributed by atoms with Gasteiger partial charge in [-0.05, 0) is 58.9 Å². The zero-order valence-corrected chi connectivity index (χ0v) is 21.8. The highest BCUT2D eigenvalue weighted by molar-refractivity contribution is 7.99. The number of carbonyl (C=O) groups is 3. The fraction of sp³-hybridized carbons (Fsp3) is 0.269. The first-order valence-corrected chi connectivity index (χ1v) is 13.2. The highest BCUT2D eigenvalue weighted by Gasteiger charge is 2.37. The number of ketones is 1. The molecule has 0 spiro atoms. The lowest BCUT2D eigenvalue weighted by molar-refractivity contribution is -0.167. The number of pyridine rings is 1. The molecule has 0 radical (unpaired) electrons. The van der Waals surface area contributed by atoms with Gasteiger partial charge in [-0.25, -0.2) is 0 Å². The smallest absolute Gasteiger partial charge is 0.368 e. The van der Waals surface area contributed by atoms with Gasteiger partial charge in [-0.3, -0.25) is 19.4 Å². The SMILES string of the molecule is NC(=O)[C@H](CCCSCC(=O)C(F)(F)F)N(Cc1cnc2ccccc2c1)C(=O)c1ccccc1-n1cnnn1. The molecule has 14 heteroatoms. The first-order valence-electron chi connectivity index (χ1n) is 12.1. The predicted molar refractivity (Wildman–Crippen MR) is 141 cm³/mol. The number of rotatable bonds is 12. The molecule has 2 heterocycles. The Labute approximate surface area is 230 Å². The first-order chi connectivity index (χ1) is 19.1. The number of nitrogens with two attached hydrogens (primary N) is 1. The van der Waals surface area contributed by atoms with E-state index in [2.05, 4.69) is 20.5 Å². The number of nitrogens with zero attached hydrogens (tertiary/aromatic N) is 6. The quantitative estimate of drug-likeness (QED) is 0.256. The Bertz CT molecular complexity index is 1500. The van der Waals surface area contributed by atoms with E-state index in [0.29, 0.717) is 11.3 Å². The molecule has 0 aliphatic carbocycles. The number of fused-ring (bicyclic) bond motifs is 1. The minimum Gasteiger partial charge on any atom is -0.368 e. The van der Waals surface area contributed by atoms with E-state index < -0.39 is 35.6 Å². The minimum absolute atomic E-state index is 0.0199. The van der Waals surface area contributed by atoms with Crippen molar-refractivity contribution in [3.8, 4) is 5.69 Å². The Morgan fingerprint density at radius 1 is 1.07 bits per heavy atom. The lowest BCUT2D eigenvalue weighted by Gasteiger charge is -2.30. The van der Waals surface area contributed by atoms with Crippen molar-refractivity contribution in [1.82, 2.24) is 30.1 Å². The highest BCUT2D eigenvalue weighted by Crippen LogP contribution is 2.24. The van der Waals surface area contributed by atoms with Gasteiger partial charge in [0.05, 0.1) is 22.5 Å². The fourth-order valence-electron chi connectivity index (χ4n) is 4.08. The fourth-order valence-corrected chi connectivity index (χ4v) is 4.95. The summed E-state index contributed by atoms with van der Waals surface area (Å²) in [5.74, 6) is -3.70. The number of carbonyl (C=O) groups excluding carboxylic acids is 3. The van der Waals surface area contributed by atoms with Crippen molar-refractivity contribution in [3.63, 3.8) is 0 Å². The largest absolute Gasteiger partial charge is 0.450 e. The molecule has 2 N–H and O–H groups in total. The third kappa shape index (κ3) is 7.00. The van der Waals surface area contributed by atoms with E-state index in [4.69, 9.17) is 5.73 Å². The lowest BCUT2D eigenvalue weighted by Crippen LogP contribution is -2.47. The number of hydrogen-bond donors (Lipinski definition) is 1. The average Bonchev–Trinajstić information content (AvgIpc) is 3.48. The summed E-state index contributed by atoms with van der Waals surface area (Å²) < 4.78 is 38.8. The number of halogens is 3. The molecule has 1 atom stereocenters. The molecule has 10 nitrogen and oxygen atoms in total. The van der Waals surface area contributed by atoms with Crippen molar-refractivity contribution in [2.75, 3.05) is 11.5 Å². The molecule has 4 rings (SSSR count). The van der Waals surface area contributed by atoms with Crippen LogP contribution in [0, 0.1) is 0 Å². The van der Waals surface area contributed by atoms with Gasteiger partial charge in [0.2, 0.25) is 11.7 Å². The van der Waals surface area contributed by atoms with Crippen LogP contribution < -0.4 is 5.73 Å².